The molecule has 0 unspecified atom stereocenters. The zero-order chi connectivity index (χ0) is 22.4. The molecule has 0 bridgehead atoms. The van der Waals surface area contributed by atoms with Gasteiger partial charge in [0.05, 0.1) is 18.0 Å². The normalized spacial score (nSPS) is 20.1. The van der Waals surface area contributed by atoms with Crippen LogP contribution in [-0.2, 0) is 14.8 Å². The minimum atomic E-state index is -3.61. The molecule has 0 spiro atoms. The van der Waals surface area contributed by atoms with Gasteiger partial charge in [-0.15, -0.1) is 0 Å². The first kappa shape index (κ1) is 23.5. The van der Waals surface area contributed by atoms with Crippen LogP contribution in [0.2, 0.25) is 0 Å². The highest BCUT2D eigenvalue weighted by Crippen LogP contribution is 2.21. The van der Waals surface area contributed by atoms with E-state index in [4.69, 9.17) is 4.74 Å². The van der Waals surface area contributed by atoms with Gasteiger partial charge in [-0.05, 0) is 44.0 Å². The molecule has 1 aromatic carbocycles. The van der Waals surface area contributed by atoms with Crippen LogP contribution < -0.4 is 15.4 Å². The van der Waals surface area contributed by atoms with Crippen LogP contribution in [0.1, 0.15) is 39.0 Å². The van der Waals surface area contributed by atoms with Crippen molar-refractivity contribution in [2.75, 3.05) is 33.3 Å². The zero-order valence-corrected chi connectivity index (χ0v) is 19.0. The van der Waals surface area contributed by atoms with E-state index in [1.54, 1.807) is 19.1 Å². The Morgan fingerprint density at radius 3 is 2.23 bits per heavy atom. The van der Waals surface area contributed by atoms with Crippen molar-refractivity contribution in [1.82, 2.24) is 19.8 Å². The molecule has 1 heterocycles. The molecule has 2 fully saturated rings. The quantitative estimate of drug-likeness (QED) is 0.678. The van der Waals surface area contributed by atoms with Crippen LogP contribution in [0.15, 0.2) is 29.2 Å². The maximum absolute atomic E-state index is 12.9. The van der Waals surface area contributed by atoms with Crippen molar-refractivity contribution < 1.29 is 22.7 Å². The van der Waals surface area contributed by atoms with E-state index in [2.05, 4.69) is 10.6 Å². The smallest absolute Gasteiger partial charge is 0.321 e. The van der Waals surface area contributed by atoms with Gasteiger partial charge in [0.25, 0.3) is 0 Å². The number of benzene rings is 1. The van der Waals surface area contributed by atoms with Crippen LogP contribution in [0, 0.1) is 0 Å². The van der Waals surface area contributed by atoms with Crippen molar-refractivity contribution >= 4 is 22.0 Å². The van der Waals surface area contributed by atoms with Crippen LogP contribution in [0.25, 0.3) is 0 Å². The Balaban J connectivity index is 1.49. The number of methoxy groups -OCH3 is 1. The summed E-state index contributed by atoms with van der Waals surface area (Å²) in [7, 11) is -2.08. The molecule has 9 nitrogen and oxygen atoms in total. The van der Waals surface area contributed by atoms with Crippen LogP contribution in [0.3, 0.4) is 0 Å². The third kappa shape index (κ3) is 5.96. The summed E-state index contributed by atoms with van der Waals surface area (Å²) >= 11 is 0. The van der Waals surface area contributed by atoms with Gasteiger partial charge in [-0.1, -0.05) is 19.3 Å². The average Bonchev–Trinajstić information content (AvgIpc) is 2.79. The molecular formula is C21H32N4O5S. The summed E-state index contributed by atoms with van der Waals surface area (Å²) < 4.78 is 32.2. The number of carbonyl (C=O) groups is 2. The van der Waals surface area contributed by atoms with E-state index in [9.17, 15) is 18.0 Å². The number of urea groups is 1. The lowest BCUT2D eigenvalue weighted by Crippen LogP contribution is -2.56. The lowest BCUT2D eigenvalue weighted by molar-refractivity contribution is -0.125. The minimum absolute atomic E-state index is 0.128. The van der Waals surface area contributed by atoms with Crippen LogP contribution in [-0.4, -0.2) is 74.9 Å². The monoisotopic (exact) mass is 452 g/mol. The largest absolute Gasteiger partial charge is 0.497 e. The third-order valence-corrected chi connectivity index (χ3v) is 7.99. The number of carbonyl (C=O) groups excluding carboxylic acids is 2. The minimum Gasteiger partial charge on any atom is -0.497 e. The highest BCUT2D eigenvalue weighted by Gasteiger charge is 2.32. The Hall–Kier alpha value is -2.17. The van der Waals surface area contributed by atoms with Gasteiger partial charge in [-0.3, -0.25) is 15.0 Å². The number of hydrogen-bond donors (Lipinski definition) is 2. The number of ether oxygens (including phenoxy) is 1. The van der Waals surface area contributed by atoms with Crippen molar-refractivity contribution in [3.05, 3.63) is 24.3 Å². The highest BCUT2D eigenvalue weighted by atomic mass is 32.2. The zero-order valence-electron chi connectivity index (χ0n) is 18.2. The molecule has 2 N–H and O–H groups in total. The number of piperazine rings is 1. The summed E-state index contributed by atoms with van der Waals surface area (Å²) in [4.78, 5) is 26.7. The number of imide groups is 1. The molecule has 3 amide bonds. The maximum Gasteiger partial charge on any atom is 0.321 e. The van der Waals surface area contributed by atoms with Gasteiger partial charge in [-0.2, -0.15) is 4.31 Å². The molecule has 1 atom stereocenters. The first-order valence-electron chi connectivity index (χ1n) is 10.8. The SMILES string of the molecule is COc1ccc(S(=O)(=O)N2CCN([C@H](C)C(=O)NC(=O)NC3CCCCC3)CC2)cc1. The number of nitrogens with one attached hydrogen (secondary N) is 2. The van der Waals surface area contributed by atoms with E-state index in [0.29, 0.717) is 18.8 Å². The maximum atomic E-state index is 12.9. The Kier molecular flexibility index (Phi) is 7.90. The van der Waals surface area contributed by atoms with E-state index in [1.165, 1.54) is 30.0 Å². The Morgan fingerprint density at radius 1 is 1.03 bits per heavy atom. The van der Waals surface area contributed by atoms with Gasteiger partial charge in [0, 0.05) is 32.2 Å². The number of nitrogens with zero attached hydrogens (tertiary/aromatic N) is 2. The van der Waals surface area contributed by atoms with E-state index in [1.807, 2.05) is 4.90 Å². The fourth-order valence-corrected chi connectivity index (χ4v) is 5.50. The molecule has 172 valence electrons. The molecule has 0 aromatic heterocycles. The molecule has 31 heavy (non-hydrogen) atoms. The van der Waals surface area contributed by atoms with Gasteiger partial charge in [0.1, 0.15) is 5.75 Å². The van der Waals surface area contributed by atoms with Crippen LogP contribution in [0.5, 0.6) is 5.75 Å². The number of rotatable bonds is 6. The number of hydrogen-bond acceptors (Lipinski definition) is 6. The molecule has 3 rings (SSSR count). The van der Waals surface area contributed by atoms with E-state index in [0.717, 1.165) is 25.7 Å². The van der Waals surface area contributed by atoms with Crippen molar-refractivity contribution in [2.24, 2.45) is 0 Å². The summed E-state index contributed by atoms with van der Waals surface area (Å²) in [6.07, 6.45) is 5.28. The third-order valence-electron chi connectivity index (χ3n) is 6.07. The molecular weight excluding hydrogens is 420 g/mol. The van der Waals surface area contributed by atoms with Gasteiger partial charge < -0.3 is 10.1 Å². The molecule has 0 radical (unpaired) electrons. The molecule has 10 heteroatoms. The summed E-state index contributed by atoms with van der Waals surface area (Å²) in [5.41, 5.74) is 0. The van der Waals surface area contributed by atoms with Crippen molar-refractivity contribution in [1.29, 1.82) is 0 Å². The molecule has 1 aromatic rings. The predicted octanol–water partition coefficient (Wildman–Crippen LogP) is 1.55. The van der Waals surface area contributed by atoms with Crippen molar-refractivity contribution in [3.63, 3.8) is 0 Å². The number of sulfonamides is 1. The summed E-state index contributed by atoms with van der Waals surface area (Å²) in [5, 5.41) is 5.30. The Labute approximate surface area is 184 Å². The first-order chi connectivity index (χ1) is 14.8. The van der Waals surface area contributed by atoms with Gasteiger partial charge in [0.15, 0.2) is 0 Å². The second kappa shape index (κ2) is 10.4. The van der Waals surface area contributed by atoms with Crippen LogP contribution >= 0.6 is 0 Å². The van der Waals surface area contributed by atoms with Gasteiger partial charge in [0.2, 0.25) is 15.9 Å². The molecule has 1 saturated heterocycles. The molecule has 1 aliphatic carbocycles. The molecule has 2 aliphatic rings. The summed E-state index contributed by atoms with van der Waals surface area (Å²) in [6, 6.07) is 5.45. The standard InChI is InChI=1S/C21H32N4O5S/c1-16(20(26)23-21(27)22-17-6-4-3-5-7-17)24-12-14-25(15-13-24)31(28,29)19-10-8-18(30-2)9-11-19/h8-11,16-17H,3-7,12-15H2,1-2H3,(H2,22,23,26,27)/t16-/m1/s1. The van der Waals surface area contributed by atoms with Gasteiger partial charge in [-0.25, -0.2) is 13.2 Å². The number of amides is 3. The van der Waals surface area contributed by atoms with Crippen LogP contribution in [0.4, 0.5) is 4.79 Å². The summed E-state index contributed by atoms with van der Waals surface area (Å²) in [5.74, 6) is 0.218. The van der Waals surface area contributed by atoms with Crippen molar-refractivity contribution in [2.45, 2.75) is 56.0 Å². The topological polar surface area (TPSA) is 108 Å². The second-order valence-corrected chi connectivity index (χ2v) is 10.0. The summed E-state index contributed by atoms with van der Waals surface area (Å²) in [6.45, 7) is 3.11. The van der Waals surface area contributed by atoms with Gasteiger partial charge >= 0.3 is 6.03 Å². The highest BCUT2D eigenvalue weighted by molar-refractivity contribution is 7.89. The molecule has 1 aliphatic heterocycles. The predicted molar refractivity (Wildman–Crippen MR) is 116 cm³/mol. The lowest BCUT2D eigenvalue weighted by Gasteiger charge is -2.36. The average molecular weight is 453 g/mol. The first-order valence-corrected chi connectivity index (χ1v) is 12.2. The fraction of sp³-hybridized carbons (Fsp3) is 0.619. The second-order valence-electron chi connectivity index (χ2n) is 8.09. The fourth-order valence-electron chi connectivity index (χ4n) is 4.08. The van der Waals surface area contributed by atoms with E-state index >= 15 is 0 Å². The lowest BCUT2D eigenvalue weighted by atomic mass is 9.96. The molecule has 1 saturated carbocycles. The van der Waals surface area contributed by atoms with E-state index in [-0.39, 0.29) is 29.9 Å². The van der Waals surface area contributed by atoms with Crippen molar-refractivity contribution in [3.8, 4) is 5.75 Å². The Bertz CT molecular complexity index is 860. The van der Waals surface area contributed by atoms with E-state index < -0.39 is 22.1 Å². The Morgan fingerprint density at radius 2 is 1.65 bits per heavy atom.